The Labute approximate surface area is 181 Å². The van der Waals surface area contributed by atoms with Crippen LogP contribution < -0.4 is 9.47 Å². The zero-order valence-electron chi connectivity index (χ0n) is 17.5. The summed E-state index contributed by atoms with van der Waals surface area (Å²) >= 11 is 0. The van der Waals surface area contributed by atoms with Gasteiger partial charge in [-0.2, -0.15) is 4.31 Å². The minimum Gasteiger partial charge on any atom is -0.497 e. The average Bonchev–Trinajstić information content (AvgIpc) is 3.30. The van der Waals surface area contributed by atoms with Crippen molar-refractivity contribution >= 4 is 10.0 Å². The summed E-state index contributed by atoms with van der Waals surface area (Å²) in [5.74, 6) is 2.03. The van der Waals surface area contributed by atoms with E-state index in [0.29, 0.717) is 43.0 Å². The van der Waals surface area contributed by atoms with Crippen molar-refractivity contribution in [2.24, 2.45) is 0 Å². The minimum absolute atomic E-state index is 0.155. The second-order valence-corrected chi connectivity index (χ2v) is 9.22. The molecule has 31 heavy (non-hydrogen) atoms. The summed E-state index contributed by atoms with van der Waals surface area (Å²) < 4.78 is 44.3. The summed E-state index contributed by atoms with van der Waals surface area (Å²) in [6, 6.07) is 13.9. The van der Waals surface area contributed by atoms with E-state index in [1.807, 2.05) is 31.2 Å². The quantitative estimate of drug-likeness (QED) is 0.549. The fourth-order valence-electron chi connectivity index (χ4n) is 3.66. The molecule has 4 rings (SSSR count). The predicted molar refractivity (Wildman–Crippen MR) is 115 cm³/mol. The van der Waals surface area contributed by atoms with Gasteiger partial charge in [0.1, 0.15) is 11.5 Å². The first kappa shape index (κ1) is 21.3. The van der Waals surface area contributed by atoms with E-state index in [4.69, 9.17) is 13.9 Å². The molecule has 0 unspecified atom stereocenters. The molecule has 164 valence electrons. The van der Waals surface area contributed by atoms with Gasteiger partial charge in [-0.15, -0.1) is 10.2 Å². The summed E-state index contributed by atoms with van der Waals surface area (Å²) in [6.45, 7) is 3.18. The molecular formula is C22H25N3O5S. The van der Waals surface area contributed by atoms with Crippen molar-refractivity contribution in [1.29, 1.82) is 0 Å². The molecule has 0 saturated carbocycles. The number of ether oxygens (including phenoxy) is 2. The monoisotopic (exact) mass is 443 g/mol. The van der Waals surface area contributed by atoms with Crippen LogP contribution in [0.5, 0.6) is 11.5 Å². The van der Waals surface area contributed by atoms with Gasteiger partial charge < -0.3 is 13.9 Å². The molecule has 3 aromatic rings. The van der Waals surface area contributed by atoms with Crippen LogP contribution in [0.15, 0.2) is 57.8 Å². The van der Waals surface area contributed by atoms with E-state index >= 15 is 0 Å². The molecule has 0 spiro atoms. The lowest BCUT2D eigenvalue weighted by atomic mass is 10.00. The van der Waals surface area contributed by atoms with Crippen LogP contribution in [0, 0.1) is 0 Å². The number of hydrogen-bond acceptors (Lipinski definition) is 7. The van der Waals surface area contributed by atoms with Gasteiger partial charge in [-0.3, -0.25) is 0 Å². The third kappa shape index (κ3) is 4.57. The van der Waals surface area contributed by atoms with Gasteiger partial charge in [-0.25, -0.2) is 8.42 Å². The second-order valence-electron chi connectivity index (χ2n) is 7.28. The van der Waals surface area contributed by atoms with Crippen LogP contribution >= 0.6 is 0 Å². The Hall–Kier alpha value is -2.91. The maximum Gasteiger partial charge on any atom is 0.247 e. The molecule has 9 heteroatoms. The maximum absolute atomic E-state index is 13.1. The molecule has 1 saturated heterocycles. The summed E-state index contributed by atoms with van der Waals surface area (Å²) in [5, 5.41) is 8.35. The standard InChI is InChI=1S/C22H25N3O5S/c1-3-29-18-9-11-20(12-10-18)31(26,27)25-13-5-7-17(15-25)22-24-23-21(30-22)16-6-4-8-19(14-16)28-2/h4,6,8-12,14,17H,3,5,7,13,15H2,1-2H3/t17-/m0/s1. The number of hydrogen-bond donors (Lipinski definition) is 0. The van der Waals surface area contributed by atoms with Gasteiger partial charge in [-0.1, -0.05) is 6.07 Å². The molecule has 2 heterocycles. The van der Waals surface area contributed by atoms with Gasteiger partial charge in [0.25, 0.3) is 0 Å². The normalized spacial score (nSPS) is 17.4. The van der Waals surface area contributed by atoms with Crippen LogP contribution in [-0.4, -0.2) is 49.7 Å². The SMILES string of the molecule is CCOc1ccc(S(=O)(=O)N2CCC[C@H](c3nnc(-c4cccc(OC)c4)o3)C2)cc1. The number of rotatable bonds is 7. The second kappa shape index (κ2) is 9.07. The van der Waals surface area contributed by atoms with Crippen molar-refractivity contribution in [3.8, 4) is 23.0 Å². The first-order chi connectivity index (χ1) is 15.0. The van der Waals surface area contributed by atoms with E-state index in [9.17, 15) is 8.42 Å². The number of benzene rings is 2. The fraction of sp³-hybridized carbons (Fsp3) is 0.364. The molecule has 1 aliphatic rings. The first-order valence-corrected chi connectivity index (χ1v) is 11.7. The summed E-state index contributed by atoms with van der Waals surface area (Å²) in [7, 11) is -2.02. The van der Waals surface area contributed by atoms with Crippen molar-refractivity contribution in [3.05, 3.63) is 54.4 Å². The third-order valence-electron chi connectivity index (χ3n) is 5.26. The number of aromatic nitrogens is 2. The van der Waals surface area contributed by atoms with E-state index in [2.05, 4.69) is 10.2 Å². The highest BCUT2D eigenvalue weighted by molar-refractivity contribution is 7.89. The van der Waals surface area contributed by atoms with Crippen LogP contribution in [0.4, 0.5) is 0 Å². The Morgan fingerprint density at radius 2 is 1.94 bits per heavy atom. The first-order valence-electron chi connectivity index (χ1n) is 10.2. The highest BCUT2D eigenvalue weighted by Crippen LogP contribution is 2.32. The van der Waals surface area contributed by atoms with E-state index in [-0.39, 0.29) is 10.8 Å². The zero-order chi connectivity index (χ0) is 21.8. The molecule has 0 bridgehead atoms. The summed E-state index contributed by atoms with van der Waals surface area (Å²) in [4.78, 5) is 0.249. The fourth-order valence-corrected chi connectivity index (χ4v) is 5.18. The van der Waals surface area contributed by atoms with E-state index in [1.54, 1.807) is 31.4 Å². The average molecular weight is 444 g/mol. The number of nitrogens with zero attached hydrogens (tertiary/aromatic N) is 3. The Kier molecular flexibility index (Phi) is 6.24. The molecule has 2 aromatic carbocycles. The van der Waals surface area contributed by atoms with Crippen LogP contribution in [0.25, 0.3) is 11.5 Å². The highest BCUT2D eigenvalue weighted by atomic mass is 32.2. The Balaban J connectivity index is 1.51. The topological polar surface area (TPSA) is 94.8 Å². The van der Waals surface area contributed by atoms with Gasteiger partial charge in [0.15, 0.2) is 0 Å². The van der Waals surface area contributed by atoms with Gasteiger partial charge in [-0.05, 0) is 62.2 Å². The molecule has 0 radical (unpaired) electrons. The Morgan fingerprint density at radius 1 is 1.13 bits per heavy atom. The molecule has 1 aromatic heterocycles. The lowest BCUT2D eigenvalue weighted by Crippen LogP contribution is -2.39. The van der Waals surface area contributed by atoms with Crippen molar-refractivity contribution in [1.82, 2.24) is 14.5 Å². The van der Waals surface area contributed by atoms with Crippen molar-refractivity contribution in [3.63, 3.8) is 0 Å². The molecular weight excluding hydrogens is 418 g/mol. The maximum atomic E-state index is 13.1. The smallest absolute Gasteiger partial charge is 0.247 e. The van der Waals surface area contributed by atoms with Crippen LogP contribution in [0.3, 0.4) is 0 Å². The number of methoxy groups -OCH3 is 1. The zero-order valence-corrected chi connectivity index (χ0v) is 18.3. The van der Waals surface area contributed by atoms with Crippen molar-refractivity contribution in [2.75, 3.05) is 26.8 Å². The van der Waals surface area contributed by atoms with Crippen LogP contribution in [0.1, 0.15) is 31.6 Å². The lowest BCUT2D eigenvalue weighted by Gasteiger charge is -2.30. The Morgan fingerprint density at radius 3 is 2.68 bits per heavy atom. The minimum atomic E-state index is -3.62. The molecule has 0 amide bonds. The molecule has 0 N–H and O–H groups in total. The molecule has 8 nitrogen and oxygen atoms in total. The number of sulfonamides is 1. The van der Waals surface area contributed by atoms with Gasteiger partial charge >= 0.3 is 0 Å². The Bertz CT molecular complexity index is 1130. The van der Waals surface area contributed by atoms with Gasteiger partial charge in [0.05, 0.1) is 24.5 Å². The number of piperidine rings is 1. The van der Waals surface area contributed by atoms with Crippen LogP contribution in [0.2, 0.25) is 0 Å². The van der Waals surface area contributed by atoms with Gasteiger partial charge in [0.2, 0.25) is 21.8 Å². The van der Waals surface area contributed by atoms with E-state index in [1.165, 1.54) is 4.31 Å². The van der Waals surface area contributed by atoms with E-state index in [0.717, 1.165) is 18.4 Å². The molecule has 0 aliphatic carbocycles. The molecule has 1 atom stereocenters. The lowest BCUT2D eigenvalue weighted by molar-refractivity contribution is 0.286. The van der Waals surface area contributed by atoms with Crippen molar-refractivity contribution < 1.29 is 22.3 Å². The summed E-state index contributed by atoms with van der Waals surface area (Å²) in [5.41, 5.74) is 0.757. The molecule has 1 fully saturated rings. The van der Waals surface area contributed by atoms with Crippen molar-refractivity contribution in [2.45, 2.75) is 30.6 Å². The predicted octanol–water partition coefficient (Wildman–Crippen LogP) is 3.71. The molecule has 1 aliphatic heterocycles. The largest absolute Gasteiger partial charge is 0.497 e. The van der Waals surface area contributed by atoms with Crippen LogP contribution in [-0.2, 0) is 10.0 Å². The summed E-state index contributed by atoms with van der Waals surface area (Å²) in [6.07, 6.45) is 1.51. The van der Waals surface area contributed by atoms with Gasteiger partial charge in [0, 0.05) is 18.7 Å². The highest BCUT2D eigenvalue weighted by Gasteiger charge is 2.33. The van der Waals surface area contributed by atoms with E-state index < -0.39 is 10.0 Å². The third-order valence-corrected chi connectivity index (χ3v) is 7.14.